The highest BCUT2D eigenvalue weighted by atomic mass is 32.2. The normalized spacial score (nSPS) is 13.2. The van der Waals surface area contributed by atoms with E-state index in [1.807, 2.05) is 11.6 Å². The molecule has 0 aromatic heterocycles. The van der Waals surface area contributed by atoms with Crippen LogP contribution < -0.4 is 14.2 Å². The number of fused-ring (bicyclic) bond motifs is 1. The lowest BCUT2D eigenvalue weighted by molar-refractivity contribution is -0.116. The molecule has 0 spiro atoms. The topological polar surface area (TPSA) is 81.7 Å². The molecule has 3 rings (SSSR count). The van der Waals surface area contributed by atoms with E-state index in [-0.39, 0.29) is 12.2 Å². The lowest BCUT2D eigenvalue weighted by atomic mass is 10.1. The van der Waals surface area contributed by atoms with E-state index in [0.717, 1.165) is 12.1 Å². The summed E-state index contributed by atoms with van der Waals surface area (Å²) in [7, 11) is -3.93. The van der Waals surface area contributed by atoms with Crippen LogP contribution in [0.15, 0.2) is 48.0 Å². The quantitative estimate of drug-likeness (QED) is 0.819. The van der Waals surface area contributed by atoms with Crippen molar-refractivity contribution in [2.75, 3.05) is 13.2 Å². The van der Waals surface area contributed by atoms with Crippen molar-refractivity contribution >= 4 is 22.0 Å². The molecule has 27 heavy (non-hydrogen) atoms. The van der Waals surface area contributed by atoms with Crippen molar-refractivity contribution in [2.45, 2.75) is 12.7 Å². The fourth-order valence-electron chi connectivity index (χ4n) is 2.62. The summed E-state index contributed by atoms with van der Waals surface area (Å²) in [6.45, 7) is 2.25. The van der Waals surface area contributed by atoms with Gasteiger partial charge in [0.15, 0.2) is 11.5 Å². The Kier molecular flexibility index (Phi) is 5.46. The predicted molar refractivity (Wildman–Crippen MR) is 98.2 cm³/mol. The van der Waals surface area contributed by atoms with Gasteiger partial charge in [-0.1, -0.05) is 24.3 Å². The number of benzene rings is 2. The number of hydrogen-bond acceptors (Lipinski definition) is 5. The zero-order valence-electron chi connectivity index (χ0n) is 14.6. The van der Waals surface area contributed by atoms with Crippen molar-refractivity contribution in [1.29, 1.82) is 0 Å². The predicted octanol–water partition coefficient (Wildman–Crippen LogP) is 2.65. The number of nitrogens with one attached hydrogen (secondary N) is 1. The Morgan fingerprint density at radius 1 is 1.22 bits per heavy atom. The van der Waals surface area contributed by atoms with Gasteiger partial charge in [0, 0.05) is 5.56 Å². The summed E-state index contributed by atoms with van der Waals surface area (Å²) in [5.74, 6) is -0.572. The van der Waals surface area contributed by atoms with Gasteiger partial charge < -0.3 is 9.47 Å². The van der Waals surface area contributed by atoms with Gasteiger partial charge in [0.25, 0.3) is 5.91 Å². The monoisotopic (exact) mass is 391 g/mol. The molecule has 0 fully saturated rings. The number of carbonyl (C=O) groups excluding carboxylic acids is 1. The highest BCUT2D eigenvalue weighted by Crippen LogP contribution is 2.35. The SMILES string of the molecule is CCOc1cccc2c1OCC(C(=O)NS(=O)(=O)Cc1ccc(F)cc1)=C2. The number of sulfonamides is 1. The second-order valence-electron chi connectivity index (χ2n) is 5.88. The van der Waals surface area contributed by atoms with Crippen LogP contribution in [0.1, 0.15) is 18.1 Å². The highest BCUT2D eigenvalue weighted by molar-refractivity contribution is 7.89. The van der Waals surface area contributed by atoms with E-state index in [4.69, 9.17) is 9.47 Å². The van der Waals surface area contributed by atoms with Crippen LogP contribution in [-0.2, 0) is 20.6 Å². The number of hydrogen-bond donors (Lipinski definition) is 1. The molecule has 1 amide bonds. The first kappa shape index (κ1) is 18.9. The number of halogens is 1. The third-order valence-corrected chi connectivity index (χ3v) is 5.03. The molecule has 0 radical (unpaired) electrons. The van der Waals surface area contributed by atoms with Gasteiger partial charge in [-0.2, -0.15) is 0 Å². The third-order valence-electron chi connectivity index (χ3n) is 3.82. The number of amides is 1. The van der Waals surface area contributed by atoms with Crippen molar-refractivity contribution in [3.05, 3.63) is 65.0 Å². The van der Waals surface area contributed by atoms with Gasteiger partial charge in [-0.25, -0.2) is 17.5 Å². The fourth-order valence-corrected chi connectivity index (χ4v) is 3.74. The van der Waals surface area contributed by atoms with E-state index in [1.165, 1.54) is 12.1 Å². The van der Waals surface area contributed by atoms with Gasteiger partial charge in [0.2, 0.25) is 10.0 Å². The first-order valence-corrected chi connectivity index (χ1v) is 9.91. The lowest BCUT2D eigenvalue weighted by Crippen LogP contribution is -2.34. The molecular formula is C19H18FNO5S. The first-order chi connectivity index (χ1) is 12.9. The zero-order valence-corrected chi connectivity index (χ0v) is 15.4. The van der Waals surface area contributed by atoms with Gasteiger partial charge in [-0.3, -0.25) is 4.79 Å². The fraction of sp³-hybridized carbons (Fsp3) is 0.211. The molecule has 1 heterocycles. The van der Waals surface area contributed by atoms with E-state index < -0.39 is 27.5 Å². The summed E-state index contributed by atoms with van der Waals surface area (Å²) >= 11 is 0. The van der Waals surface area contributed by atoms with Crippen molar-refractivity contribution in [3.63, 3.8) is 0 Å². The van der Waals surface area contributed by atoms with E-state index in [1.54, 1.807) is 24.3 Å². The molecule has 8 heteroatoms. The summed E-state index contributed by atoms with van der Waals surface area (Å²) in [4.78, 5) is 12.3. The zero-order chi connectivity index (χ0) is 19.4. The Morgan fingerprint density at radius 3 is 2.67 bits per heavy atom. The molecule has 1 aliphatic heterocycles. The molecule has 142 valence electrons. The molecule has 0 saturated carbocycles. The van der Waals surface area contributed by atoms with Gasteiger partial charge in [-0.05, 0) is 36.8 Å². The Morgan fingerprint density at radius 2 is 1.96 bits per heavy atom. The maximum absolute atomic E-state index is 12.9. The van der Waals surface area contributed by atoms with Crippen molar-refractivity contribution in [1.82, 2.24) is 4.72 Å². The largest absolute Gasteiger partial charge is 0.490 e. The maximum Gasteiger partial charge on any atom is 0.264 e. The van der Waals surface area contributed by atoms with Gasteiger partial charge in [-0.15, -0.1) is 0 Å². The summed E-state index contributed by atoms with van der Waals surface area (Å²) < 4.78 is 50.4. The van der Waals surface area contributed by atoms with Gasteiger partial charge >= 0.3 is 0 Å². The molecule has 0 unspecified atom stereocenters. The molecule has 6 nitrogen and oxygen atoms in total. The van der Waals surface area contributed by atoms with Gasteiger partial charge in [0.05, 0.1) is 17.9 Å². The molecule has 0 atom stereocenters. The summed E-state index contributed by atoms with van der Waals surface area (Å²) in [5, 5.41) is 0. The molecule has 2 aromatic carbocycles. The van der Waals surface area contributed by atoms with E-state index in [9.17, 15) is 17.6 Å². The van der Waals surface area contributed by atoms with Crippen LogP contribution in [0.4, 0.5) is 4.39 Å². The van der Waals surface area contributed by atoms with Crippen molar-refractivity contribution < 1.29 is 27.1 Å². The number of ether oxygens (including phenoxy) is 2. The second-order valence-corrected chi connectivity index (χ2v) is 7.60. The number of para-hydroxylation sites is 1. The number of rotatable bonds is 6. The van der Waals surface area contributed by atoms with Gasteiger partial charge in [0.1, 0.15) is 12.4 Å². The molecule has 1 N–H and O–H groups in total. The minimum absolute atomic E-state index is 0.0744. The molecule has 0 bridgehead atoms. The first-order valence-electron chi connectivity index (χ1n) is 8.26. The third kappa shape index (κ3) is 4.65. The average molecular weight is 391 g/mol. The molecule has 0 aliphatic carbocycles. The summed E-state index contributed by atoms with van der Waals surface area (Å²) in [6, 6.07) is 10.3. The van der Waals surface area contributed by atoms with Crippen LogP contribution in [0.5, 0.6) is 11.5 Å². The maximum atomic E-state index is 12.9. The second kappa shape index (κ2) is 7.79. The molecular weight excluding hydrogens is 373 g/mol. The minimum atomic E-state index is -3.93. The molecule has 1 aliphatic rings. The van der Waals surface area contributed by atoms with Crippen LogP contribution in [0.3, 0.4) is 0 Å². The Bertz CT molecular complexity index is 984. The van der Waals surface area contributed by atoms with Crippen LogP contribution in [0, 0.1) is 5.82 Å². The minimum Gasteiger partial charge on any atom is -0.490 e. The van der Waals surface area contributed by atoms with Crippen LogP contribution in [0.2, 0.25) is 0 Å². The van der Waals surface area contributed by atoms with Crippen LogP contribution >= 0.6 is 0 Å². The van der Waals surface area contributed by atoms with Crippen LogP contribution in [0.25, 0.3) is 6.08 Å². The van der Waals surface area contributed by atoms with Crippen LogP contribution in [-0.4, -0.2) is 27.5 Å². The van der Waals surface area contributed by atoms with E-state index >= 15 is 0 Å². The van der Waals surface area contributed by atoms with E-state index in [2.05, 4.69) is 0 Å². The smallest absolute Gasteiger partial charge is 0.264 e. The highest BCUT2D eigenvalue weighted by Gasteiger charge is 2.23. The average Bonchev–Trinajstić information content (AvgIpc) is 2.63. The molecule has 0 saturated heterocycles. The summed E-state index contributed by atoms with van der Waals surface area (Å²) in [5.41, 5.74) is 1.18. The van der Waals surface area contributed by atoms with E-state index in [0.29, 0.717) is 29.2 Å². The lowest BCUT2D eigenvalue weighted by Gasteiger charge is -2.20. The Hall–Kier alpha value is -2.87. The summed E-state index contributed by atoms with van der Waals surface area (Å²) in [6.07, 6.45) is 1.57. The Balaban J connectivity index is 1.74. The van der Waals surface area contributed by atoms with Crippen molar-refractivity contribution in [2.24, 2.45) is 0 Å². The molecule has 2 aromatic rings. The standard InChI is InChI=1S/C19H18FNO5S/c1-2-25-17-5-3-4-14-10-15(11-26-18(14)17)19(22)21-27(23,24)12-13-6-8-16(20)9-7-13/h3-10H,2,11-12H2,1H3,(H,21,22). The number of carbonyl (C=O) groups is 1. The van der Waals surface area contributed by atoms with Crippen molar-refractivity contribution in [3.8, 4) is 11.5 Å². The Labute approximate surface area is 156 Å².